The van der Waals surface area contributed by atoms with E-state index in [-0.39, 0.29) is 5.41 Å². The van der Waals surface area contributed by atoms with Crippen LogP contribution >= 0.6 is 0 Å². The summed E-state index contributed by atoms with van der Waals surface area (Å²) in [6.07, 6.45) is 3.36. The van der Waals surface area contributed by atoms with Crippen molar-refractivity contribution in [2.24, 2.45) is 0 Å². The highest BCUT2D eigenvalue weighted by atomic mass is 16.7. The number of rotatable bonds is 1. The van der Waals surface area contributed by atoms with Gasteiger partial charge in [-0.15, -0.1) is 5.17 Å². The first-order chi connectivity index (χ1) is 7.07. The molecule has 0 spiro atoms. The van der Waals surface area contributed by atoms with Crippen LogP contribution in [0.2, 0.25) is 0 Å². The fourth-order valence-electron chi connectivity index (χ4n) is 1.45. The second-order valence-corrected chi connectivity index (χ2v) is 4.63. The van der Waals surface area contributed by atoms with Gasteiger partial charge < -0.3 is 4.84 Å². The molecule has 0 amide bonds. The summed E-state index contributed by atoms with van der Waals surface area (Å²) < 4.78 is 0. The molecule has 0 unspecified atom stereocenters. The van der Waals surface area contributed by atoms with Crippen molar-refractivity contribution in [1.29, 1.82) is 0 Å². The molecule has 1 N–H and O–H groups in total. The van der Waals surface area contributed by atoms with Crippen LogP contribution in [-0.4, -0.2) is 0 Å². The predicted octanol–water partition coefficient (Wildman–Crippen LogP) is 2.71. The van der Waals surface area contributed by atoms with Gasteiger partial charge in [-0.25, -0.2) is 0 Å². The topological polar surface area (TPSA) is 24.5 Å². The molecule has 80 valence electrons. The number of nitrogens with zero attached hydrogens (tertiary/aromatic N) is 1. The Kier molecular flexibility index (Phi) is 2.31. The molecule has 1 aliphatic heterocycles. The molecule has 0 saturated heterocycles. The van der Waals surface area contributed by atoms with Crippen LogP contribution in [0.15, 0.2) is 36.7 Å². The molecular formula is C12H16N2O. The van der Waals surface area contributed by atoms with Crippen molar-refractivity contribution in [2.75, 3.05) is 5.17 Å². The molecule has 1 heterocycles. The van der Waals surface area contributed by atoms with E-state index < -0.39 is 0 Å². The van der Waals surface area contributed by atoms with Gasteiger partial charge in [0.1, 0.15) is 6.26 Å². The van der Waals surface area contributed by atoms with Crippen LogP contribution in [0.5, 0.6) is 0 Å². The first-order valence-electron chi connectivity index (χ1n) is 5.06. The van der Waals surface area contributed by atoms with E-state index in [0.29, 0.717) is 0 Å². The molecule has 0 aliphatic carbocycles. The van der Waals surface area contributed by atoms with Crippen molar-refractivity contribution in [3.8, 4) is 0 Å². The van der Waals surface area contributed by atoms with Crippen molar-refractivity contribution in [1.82, 2.24) is 5.43 Å². The number of nitrogens with one attached hydrogen (secondary N) is 1. The largest absolute Gasteiger partial charge is 0.366 e. The standard InChI is InChI=1S/C12H16N2O/c1-12(2,3)10-4-6-11(7-5-10)14-13-8-9-15-14/h4-9,13H,1-3H3. The summed E-state index contributed by atoms with van der Waals surface area (Å²) in [4.78, 5) is 5.21. The molecule has 0 aromatic heterocycles. The van der Waals surface area contributed by atoms with E-state index in [1.54, 1.807) is 17.6 Å². The van der Waals surface area contributed by atoms with E-state index >= 15 is 0 Å². The van der Waals surface area contributed by atoms with Crippen LogP contribution in [0.4, 0.5) is 5.69 Å². The van der Waals surface area contributed by atoms with Gasteiger partial charge in [-0.3, -0.25) is 5.43 Å². The molecule has 1 aromatic rings. The molecule has 0 bridgehead atoms. The Morgan fingerprint density at radius 3 is 2.27 bits per heavy atom. The maximum Gasteiger partial charge on any atom is 0.139 e. The van der Waals surface area contributed by atoms with Crippen molar-refractivity contribution >= 4 is 5.69 Å². The fraction of sp³-hybridized carbons (Fsp3) is 0.333. The Morgan fingerprint density at radius 2 is 1.80 bits per heavy atom. The highest BCUT2D eigenvalue weighted by Crippen LogP contribution is 2.24. The molecular weight excluding hydrogens is 188 g/mol. The third-order valence-electron chi connectivity index (χ3n) is 2.39. The van der Waals surface area contributed by atoms with Gasteiger partial charge in [-0.2, -0.15) is 0 Å². The SMILES string of the molecule is CC(C)(C)c1ccc(N2NC=CO2)cc1. The summed E-state index contributed by atoms with van der Waals surface area (Å²) in [6, 6.07) is 8.33. The third kappa shape index (κ3) is 2.06. The summed E-state index contributed by atoms with van der Waals surface area (Å²) in [5, 5.41) is 1.62. The van der Waals surface area contributed by atoms with Crippen molar-refractivity contribution in [3.05, 3.63) is 42.3 Å². The van der Waals surface area contributed by atoms with Crippen molar-refractivity contribution in [3.63, 3.8) is 0 Å². The van der Waals surface area contributed by atoms with E-state index in [1.807, 2.05) is 12.1 Å². The van der Waals surface area contributed by atoms with Crippen molar-refractivity contribution in [2.45, 2.75) is 26.2 Å². The lowest BCUT2D eigenvalue weighted by atomic mass is 9.87. The Bertz CT molecular complexity index is 354. The van der Waals surface area contributed by atoms with Gasteiger partial charge in [-0.1, -0.05) is 32.9 Å². The Hall–Kier alpha value is -1.64. The molecule has 0 atom stereocenters. The minimum Gasteiger partial charge on any atom is -0.366 e. The normalized spacial score (nSPS) is 15.0. The summed E-state index contributed by atoms with van der Waals surface area (Å²) >= 11 is 0. The summed E-state index contributed by atoms with van der Waals surface area (Å²) in [5.41, 5.74) is 5.46. The Balaban J connectivity index is 2.17. The molecule has 15 heavy (non-hydrogen) atoms. The number of hydrazine groups is 1. The van der Waals surface area contributed by atoms with Gasteiger partial charge in [0.25, 0.3) is 0 Å². The smallest absolute Gasteiger partial charge is 0.139 e. The first kappa shape index (κ1) is 9.90. The minimum absolute atomic E-state index is 0.191. The molecule has 3 nitrogen and oxygen atoms in total. The second kappa shape index (κ2) is 3.50. The lowest BCUT2D eigenvalue weighted by Crippen LogP contribution is -2.27. The minimum atomic E-state index is 0.191. The monoisotopic (exact) mass is 204 g/mol. The maximum absolute atomic E-state index is 5.21. The lowest BCUT2D eigenvalue weighted by molar-refractivity contribution is 0.221. The zero-order valence-corrected chi connectivity index (χ0v) is 9.32. The number of anilines is 1. The Labute approximate surface area is 90.3 Å². The summed E-state index contributed by atoms with van der Waals surface area (Å²) in [6.45, 7) is 6.61. The molecule has 0 fully saturated rings. The fourth-order valence-corrected chi connectivity index (χ4v) is 1.45. The van der Waals surface area contributed by atoms with Crippen LogP contribution in [0, 0.1) is 0 Å². The van der Waals surface area contributed by atoms with E-state index in [2.05, 4.69) is 38.3 Å². The summed E-state index contributed by atoms with van der Waals surface area (Å²) in [5.74, 6) is 0. The first-order valence-corrected chi connectivity index (χ1v) is 5.06. The number of benzene rings is 1. The lowest BCUT2D eigenvalue weighted by Gasteiger charge is -2.21. The zero-order valence-electron chi connectivity index (χ0n) is 9.32. The summed E-state index contributed by atoms with van der Waals surface area (Å²) in [7, 11) is 0. The molecule has 1 aromatic carbocycles. The van der Waals surface area contributed by atoms with Gasteiger partial charge in [0, 0.05) is 0 Å². The Morgan fingerprint density at radius 1 is 1.13 bits per heavy atom. The van der Waals surface area contributed by atoms with Crippen LogP contribution in [-0.2, 0) is 10.3 Å². The van der Waals surface area contributed by atoms with Crippen LogP contribution in [0.1, 0.15) is 26.3 Å². The predicted molar refractivity (Wildman–Crippen MR) is 61.0 cm³/mol. The third-order valence-corrected chi connectivity index (χ3v) is 2.39. The van der Waals surface area contributed by atoms with E-state index in [9.17, 15) is 0 Å². The molecule has 2 rings (SSSR count). The van der Waals surface area contributed by atoms with Gasteiger partial charge in [0.2, 0.25) is 0 Å². The van der Waals surface area contributed by atoms with Gasteiger partial charge in [0.15, 0.2) is 0 Å². The quantitative estimate of drug-likeness (QED) is 0.761. The average Bonchev–Trinajstić information content (AvgIpc) is 2.69. The van der Waals surface area contributed by atoms with E-state index in [4.69, 9.17) is 4.84 Å². The maximum atomic E-state index is 5.21. The van der Waals surface area contributed by atoms with Gasteiger partial charge in [-0.05, 0) is 23.1 Å². The average molecular weight is 204 g/mol. The molecule has 1 aliphatic rings. The molecule has 3 heteroatoms. The second-order valence-electron chi connectivity index (χ2n) is 4.63. The highest BCUT2D eigenvalue weighted by Gasteiger charge is 2.14. The van der Waals surface area contributed by atoms with E-state index in [0.717, 1.165) is 5.69 Å². The molecule has 0 radical (unpaired) electrons. The van der Waals surface area contributed by atoms with Crippen LogP contribution in [0.3, 0.4) is 0 Å². The number of hydrogen-bond donors (Lipinski definition) is 1. The zero-order chi connectivity index (χ0) is 10.9. The van der Waals surface area contributed by atoms with Crippen molar-refractivity contribution < 1.29 is 4.84 Å². The van der Waals surface area contributed by atoms with E-state index in [1.165, 1.54) is 5.56 Å². The van der Waals surface area contributed by atoms with Gasteiger partial charge in [0.05, 0.1) is 11.9 Å². The van der Waals surface area contributed by atoms with Crippen LogP contribution in [0.25, 0.3) is 0 Å². The highest BCUT2D eigenvalue weighted by molar-refractivity contribution is 5.46. The van der Waals surface area contributed by atoms with Crippen LogP contribution < -0.4 is 10.6 Å². The molecule has 0 saturated carbocycles. The van der Waals surface area contributed by atoms with Gasteiger partial charge >= 0.3 is 0 Å². The number of hydrogen-bond acceptors (Lipinski definition) is 3.